The molecule has 7 nitrogen and oxygen atoms in total. The summed E-state index contributed by atoms with van der Waals surface area (Å²) >= 11 is 6.57. The number of methoxy groups -OCH3 is 1. The minimum atomic E-state index is -0.0552. The van der Waals surface area contributed by atoms with Gasteiger partial charge in [0.1, 0.15) is 6.54 Å². The van der Waals surface area contributed by atoms with Gasteiger partial charge in [0.25, 0.3) is 0 Å². The quantitative estimate of drug-likeness (QED) is 0.289. The largest absolute Gasteiger partial charge is 0.493 e. The molecule has 0 aliphatic carbocycles. The van der Waals surface area contributed by atoms with Crippen LogP contribution in [0.1, 0.15) is 45.1 Å². The Morgan fingerprint density at radius 2 is 2.03 bits per heavy atom. The third-order valence-electron chi connectivity index (χ3n) is 6.77. The van der Waals surface area contributed by atoms with E-state index in [2.05, 4.69) is 19.9 Å². The lowest BCUT2D eigenvalue weighted by Gasteiger charge is -2.40. The summed E-state index contributed by atoms with van der Waals surface area (Å²) in [5.74, 6) is 1.31. The number of aromatic nitrogens is 1. The highest BCUT2D eigenvalue weighted by molar-refractivity contribution is 6.36. The van der Waals surface area contributed by atoms with Crippen molar-refractivity contribution in [2.24, 2.45) is 0 Å². The van der Waals surface area contributed by atoms with Gasteiger partial charge in [-0.3, -0.25) is 4.90 Å². The number of benzene rings is 2. The summed E-state index contributed by atoms with van der Waals surface area (Å²) in [4.78, 5) is 17.4. The summed E-state index contributed by atoms with van der Waals surface area (Å²) in [6, 6.07) is 13.8. The maximum Gasteiger partial charge on any atom is 0.325 e. The molecule has 2 amide bonds. The minimum Gasteiger partial charge on any atom is -0.493 e. The van der Waals surface area contributed by atoms with Gasteiger partial charge in [-0.15, -0.1) is 0 Å². The van der Waals surface area contributed by atoms with E-state index in [0.717, 1.165) is 47.8 Å². The Kier molecular flexibility index (Phi) is 8.27. The molecule has 0 spiro atoms. The van der Waals surface area contributed by atoms with E-state index in [-0.39, 0.29) is 18.6 Å². The first kappa shape index (κ1) is 25.7. The van der Waals surface area contributed by atoms with E-state index in [4.69, 9.17) is 26.3 Å². The van der Waals surface area contributed by atoms with Crippen LogP contribution in [0.15, 0.2) is 42.6 Å². The molecule has 1 atom stereocenters. The summed E-state index contributed by atoms with van der Waals surface area (Å²) in [5, 5.41) is 10.6. The Labute approximate surface area is 217 Å². The molecule has 4 rings (SSSR count). The number of fused-ring (bicyclic) bond motifs is 1. The van der Waals surface area contributed by atoms with E-state index in [1.807, 2.05) is 45.9 Å². The van der Waals surface area contributed by atoms with E-state index in [1.54, 1.807) is 18.2 Å². The summed E-state index contributed by atoms with van der Waals surface area (Å²) in [6.45, 7) is 6.13. The molecule has 1 aliphatic rings. The number of hydrogen-bond acceptors (Lipinski definition) is 4. The molecule has 0 bridgehead atoms. The molecule has 0 N–H and O–H groups in total. The highest BCUT2D eigenvalue weighted by Crippen LogP contribution is 2.35. The SMILES string of the molecule is CCCCCOc1cc(N2CC[C@H](C)N(Cc3cccc4c3c(Cl)cn4CC#N)C2=O)ccc1OC. The monoisotopic (exact) mass is 508 g/mol. The Morgan fingerprint density at radius 1 is 1.19 bits per heavy atom. The number of nitrogens with zero attached hydrogens (tertiary/aromatic N) is 4. The zero-order valence-corrected chi connectivity index (χ0v) is 21.9. The number of urea groups is 1. The fourth-order valence-corrected chi connectivity index (χ4v) is 5.09. The Morgan fingerprint density at radius 3 is 2.78 bits per heavy atom. The van der Waals surface area contributed by atoms with Crippen LogP contribution >= 0.6 is 11.6 Å². The van der Waals surface area contributed by atoms with E-state index in [1.165, 1.54) is 0 Å². The van der Waals surface area contributed by atoms with Crippen LogP contribution in [0, 0.1) is 11.3 Å². The third kappa shape index (κ3) is 5.24. The summed E-state index contributed by atoms with van der Waals surface area (Å²) in [5.41, 5.74) is 2.65. The molecular weight excluding hydrogens is 476 g/mol. The highest BCUT2D eigenvalue weighted by Gasteiger charge is 2.32. The van der Waals surface area contributed by atoms with Gasteiger partial charge in [0.2, 0.25) is 0 Å². The van der Waals surface area contributed by atoms with Crippen LogP contribution in [0.2, 0.25) is 5.02 Å². The first-order chi connectivity index (χ1) is 17.5. The Balaban J connectivity index is 1.59. The summed E-state index contributed by atoms with van der Waals surface area (Å²) in [6.07, 6.45) is 5.83. The van der Waals surface area contributed by atoms with Crippen LogP contribution in [-0.2, 0) is 13.1 Å². The van der Waals surface area contributed by atoms with Crippen molar-refractivity contribution in [3.8, 4) is 17.6 Å². The molecule has 36 heavy (non-hydrogen) atoms. The summed E-state index contributed by atoms with van der Waals surface area (Å²) < 4.78 is 13.3. The molecule has 190 valence electrons. The first-order valence-corrected chi connectivity index (χ1v) is 12.9. The molecule has 3 aromatic rings. The number of amides is 2. The van der Waals surface area contributed by atoms with Crippen molar-refractivity contribution in [2.75, 3.05) is 25.2 Å². The number of anilines is 1. The molecule has 8 heteroatoms. The second-order valence-electron chi connectivity index (χ2n) is 9.16. The van der Waals surface area contributed by atoms with Crippen molar-refractivity contribution in [3.63, 3.8) is 0 Å². The van der Waals surface area contributed by atoms with Crippen LogP contribution in [0.4, 0.5) is 10.5 Å². The zero-order valence-electron chi connectivity index (χ0n) is 21.2. The van der Waals surface area contributed by atoms with Crippen LogP contribution in [0.3, 0.4) is 0 Å². The smallest absolute Gasteiger partial charge is 0.325 e. The third-order valence-corrected chi connectivity index (χ3v) is 7.06. The number of unbranched alkanes of at least 4 members (excludes halogenated alkanes) is 2. The van der Waals surface area contributed by atoms with Crippen molar-refractivity contribution in [1.82, 2.24) is 9.47 Å². The molecule has 1 aromatic heterocycles. The van der Waals surface area contributed by atoms with Crippen LogP contribution < -0.4 is 14.4 Å². The van der Waals surface area contributed by atoms with Gasteiger partial charge in [-0.2, -0.15) is 5.26 Å². The van der Waals surface area contributed by atoms with Crippen molar-refractivity contribution < 1.29 is 14.3 Å². The van der Waals surface area contributed by atoms with Gasteiger partial charge < -0.3 is 18.9 Å². The first-order valence-electron chi connectivity index (χ1n) is 12.5. The van der Waals surface area contributed by atoms with E-state index in [0.29, 0.717) is 36.2 Å². The maximum absolute atomic E-state index is 13.7. The van der Waals surface area contributed by atoms with Gasteiger partial charge in [0.05, 0.1) is 30.3 Å². The van der Waals surface area contributed by atoms with Crippen molar-refractivity contribution in [1.29, 1.82) is 5.26 Å². The number of rotatable bonds is 10. The second kappa shape index (κ2) is 11.6. The van der Waals surface area contributed by atoms with Crippen LogP contribution in [0.5, 0.6) is 11.5 Å². The van der Waals surface area contributed by atoms with Gasteiger partial charge in [-0.1, -0.05) is 43.5 Å². The number of nitriles is 1. The van der Waals surface area contributed by atoms with Crippen LogP contribution in [0.25, 0.3) is 10.9 Å². The van der Waals surface area contributed by atoms with Gasteiger partial charge in [-0.05, 0) is 43.5 Å². The van der Waals surface area contributed by atoms with Gasteiger partial charge in [0, 0.05) is 42.5 Å². The fourth-order valence-electron chi connectivity index (χ4n) is 4.75. The molecule has 2 heterocycles. The molecule has 0 saturated carbocycles. The predicted molar refractivity (Wildman–Crippen MR) is 143 cm³/mol. The number of hydrogen-bond donors (Lipinski definition) is 0. The average molecular weight is 509 g/mol. The van der Waals surface area contributed by atoms with E-state index >= 15 is 0 Å². The lowest BCUT2D eigenvalue weighted by molar-refractivity contribution is 0.166. The lowest BCUT2D eigenvalue weighted by Crippen LogP contribution is -2.53. The molecule has 1 aliphatic heterocycles. The standard InChI is InChI=1S/C28H33ClN4O3/c1-4-5-6-16-36-26-17-22(10-11-25(26)35-3)32-14-12-20(2)33(28(32)34)18-21-8-7-9-24-27(21)23(29)19-31(24)15-13-30/h7-11,17,19-20H,4-6,12,14-16,18H2,1-3H3/t20-/m0/s1. The van der Waals surface area contributed by atoms with Crippen molar-refractivity contribution in [3.05, 3.63) is 53.2 Å². The minimum absolute atomic E-state index is 0.0552. The lowest BCUT2D eigenvalue weighted by atomic mass is 10.1. The summed E-state index contributed by atoms with van der Waals surface area (Å²) in [7, 11) is 1.62. The second-order valence-corrected chi connectivity index (χ2v) is 9.57. The number of ether oxygens (including phenoxy) is 2. The van der Waals surface area contributed by atoms with Gasteiger partial charge >= 0.3 is 6.03 Å². The molecule has 0 radical (unpaired) electrons. The van der Waals surface area contributed by atoms with E-state index in [9.17, 15) is 4.79 Å². The van der Waals surface area contributed by atoms with E-state index < -0.39 is 0 Å². The topological polar surface area (TPSA) is 70.7 Å². The molecule has 1 fully saturated rings. The molecule has 1 saturated heterocycles. The highest BCUT2D eigenvalue weighted by atomic mass is 35.5. The number of halogens is 1. The molecular formula is C28H33ClN4O3. The normalized spacial score (nSPS) is 15.9. The van der Waals surface area contributed by atoms with Gasteiger partial charge in [0.15, 0.2) is 11.5 Å². The molecule has 0 unspecified atom stereocenters. The van der Waals surface area contributed by atoms with Gasteiger partial charge in [-0.25, -0.2) is 4.79 Å². The Hall–Kier alpha value is -3.37. The average Bonchev–Trinajstić information content (AvgIpc) is 3.20. The van der Waals surface area contributed by atoms with Crippen LogP contribution in [-0.4, -0.2) is 41.8 Å². The number of carbonyl (C=O) groups is 1. The van der Waals surface area contributed by atoms with Crippen molar-refractivity contribution >= 4 is 34.2 Å². The Bertz CT molecular complexity index is 1270. The van der Waals surface area contributed by atoms with Crippen molar-refractivity contribution in [2.45, 2.75) is 58.7 Å². The zero-order chi connectivity index (χ0) is 25.7. The molecule has 2 aromatic carbocycles. The number of carbonyl (C=O) groups excluding carboxylic acids is 1. The fraction of sp³-hybridized carbons (Fsp3) is 0.429. The predicted octanol–water partition coefficient (Wildman–Crippen LogP) is 6.62. The maximum atomic E-state index is 13.7.